The molecule has 0 aliphatic carbocycles. The summed E-state index contributed by atoms with van der Waals surface area (Å²) in [5.41, 5.74) is 0.882. The van der Waals surface area contributed by atoms with E-state index in [0.29, 0.717) is 12.5 Å². The largest absolute Gasteiger partial charge is 0.363 e. The highest BCUT2D eigenvalue weighted by molar-refractivity contribution is 14.0. The van der Waals surface area contributed by atoms with Crippen molar-refractivity contribution in [2.45, 2.75) is 19.9 Å². The summed E-state index contributed by atoms with van der Waals surface area (Å²) in [6, 6.07) is 5.87. The van der Waals surface area contributed by atoms with Crippen molar-refractivity contribution in [2.75, 3.05) is 46.2 Å². The second-order valence-electron chi connectivity index (χ2n) is 5.61. The van der Waals surface area contributed by atoms with E-state index < -0.39 is 0 Å². The first-order valence-corrected chi connectivity index (χ1v) is 7.79. The van der Waals surface area contributed by atoms with Crippen molar-refractivity contribution in [3.05, 3.63) is 23.9 Å². The first kappa shape index (κ1) is 22.4. The Morgan fingerprint density at radius 3 is 2.50 bits per heavy atom. The monoisotopic (exact) mass is 448 g/mol. The molecule has 0 spiro atoms. The molecule has 0 saturated carbocycles. The van der Waals surface area contributed by atoms with Gasteiger partial charge in [-0.05, 0) is 18.6 Å². The summed E-state index contributed by atoms with van der Waals surface area (Å²) in [5, 5.41) is 6.25. The molecule has 7 nitrogen and oxygen atoms in total. The minimum atomic E-state index is 0. The second kappa shape index (κ2) is 11.9. The molecule has 0 atom stereocenters. The van der Waals surface area contributed by atoms with E-state index in [1.165, 1.54) is 0 Å². The Kier molecular flexibility index (Phi) is 11.1. The molecule has 8 heteroatoms. The fourth-order valence-electron chi connectivity index (χ4n) is 1.70. The van der Waals surface area contributed by atoms with E-state index >= 15 is 0 Å². The molecule has 0 saturated heterocycles. The van der Waals surface area contributed by atoms with E-state index in [0.717, 1.165) is 24.5 Å². The fourth-order valence-corrected chi connectivity index (χ4v) is 1.70. The van der Waals surface area contributed by atoms with Crippen LogP contribution in [0.25, 0.3) is 0 Å². The van der Waals surface area contributed by atoms with Gasteiger partial charge in [-0.25, -0.2) is 9.98 Å². The second-order valence-corrected chi connectivity index (χ2v) is 5.61. The van der Waals surface area contributed by atoms with Crippen LogP contribution in [0, 0.1) is 0 Å². The van der Waals surface area contributed by atoms with Gasteiger partial charge in [-0.2, -0.15) is 0 Å². The maximum absolute atomic E-state index is 11.7. The van der Waals surface area contributed by atoms with Crippen LogP contribution in [0.15, 0.2) is 23.2 Å². The molecular formula is C16H29IN6O. The zero-order valence-electron chi connectivity index (χ0n) is 15.2. The van der Waals surface area contributed by atoms with Gasteiger partial charge in [0.15, 0.2) is 5.96 Å². The number of halogens is 1. The van der Waals surface area contributed by atoms with Crippen molar-refractivity contribution in [3.8, 4) is 0 Å². The van der Waals surface area contributed by atoms with Crippen LogP contribution in [0.1, 0.15) is 19.0 Å². The molecular weight excluding hydrogens is 419 g/mol. The van der Waals surface area contributed by atoms with Gasteiger partial charge in [0, 0.05) is 34.7 Å². The van der Waals surface area contributed by atoms with Gasteiger partial charge in [0.1, 0.15) is 5.82 Å². The third kappa shape index (κ3) is 8.32. The molecule has 0 aromatic carbocycles. The van der Waals surface area contributed by atoms with Crippen LogP contribution >= 0.6 is 24.0 Å². The van der Waals surface area contributed by atoms with Gasteiger partial charge >= 0.3 is 0 Å². The lowest BCUT2D eigenvalue weighted by atomic mass is 10.3. The number of aromatic nitrogens is 1. The number of aliphatic imine (C=N–C) groups is 1. The van der Waals surface area contributed by atoms with Crippen molar-refractivity contribution in [3.63, 3.8) is 0 Å². The average Bonchev–Trinajstić information content (AvgIpc) is 2.53. The zero-order chi connectivity index (χ0) is 17.2. The van der Waals surface area contributed by atoms with Crippen molar-refractivity contribution in [1.82, 2.24) is 20.5 Å². The lowest BCUT2D eigenvalue weighted by Crippen LogP contribution is -2.43. The van der Waals surface area contributed by atoms with E-state index in [1.54, 1.807) is 19.0 Å². The van der Waals surface area contributed by atoms with Gasteiger partial charge in [-0.1, -0.05) is 13.0 Å². The van der Waals surface area contributed by atoms with Crippen LogP contribution in [0.4, 0.5) is 5.82 Å². The van der Waals surface area contributed by atoms with Crippen LogP contribution < -0.4 is 15.5 Å². The Morgan fingerprint density at radius 1 is 1.21 bits per heavy atom. The molecule has 1 heterocycles. The van der Waals surface area contributed by atoms with Gasteiger partial charge < -0.3 is 20.4 Å². The maximum Gasteiger partial charge on any atom is 0.241 e. The highest BCUT2D eigenvalue weighted by atomic mass is 127. The number of anilines is 1. The Labute approximate surface area is 161 Å². The summed E-state index contributed by atoms with van der Waals surface area (Å²) in [5.74, 6) is 1.53. The third-order valence-corrected chi connectivity index (χ3v) is 3.10. The smallest absolute Gasteiger partial charge is 0.241 e. The minimum Gasteiger partial charge on any atom is -0.363 e. The van der Waals surface area contributed by atoms with E-state index in [-0.39, 0.29) is 36.4 Å². The summed E-state index contributed by atoms with van der Waals surface area (Å²) in [4.78, 5) is 24.2. The first-order valence-electron chi connectivity index (χ1n) is 7.79. The number of likely N-dealkylation sites (N-methyl/N-ethyl adjacent to an activating group) is 1. The minimum absolute atomic E-state index is 0. The topological polar surface area (TPSA) is 72.9 Å². The van der Waals surface area contributed by atoms with Gasteiger partial charge in [-0.15, -0.1) is 24.0 Å². The lowest BCUT2D eigenvalue weighted by Gasteiger charge is -2.15. The molecule has 1 rings (SSSR count). The Morgan fingerprint density at radius 2 is 1.92 bits per heavy atom. The molecule has 1 aromatic rings. The van der Waals surface area contributed by atoms with Crippen LogP contribution in [0.3, 0.4) is 0 Å². The van der Waals surface area contributed by atoms with E-state index in [2.05, 4.69) is 27.5 Å². The standard InChI is InChI=1S/C16H28N6O.HI/c1-6-10-17-16(19-12-15(23)22(4)5)18-11-13-8-7-9-14(20-13)21(2)3;/h7-9H,6,10-12H2,1-5H3,(H2,17,18,19);1H. The Hall–Kier alpha value is -1.58. The molecule has 1 amide bonds. The molecule has 0 aliphatic rings. The van der Waals surface area contributed by atoms with Crippen LogP contribution in [0.5, 0.6) is 0 Å². The van der Waals surface area contributed by atoms with Gasteiger partial charge in [0.25, 0.3) is 0 Å². The van der Waals surface area contributed by atoms with E-state index in [9.17, 15) is 4.79 Å². The van der Waals surface area contributed by atoms with Gasteiger partial charge in [-0.3, -0.25) is 4.79 Å². The number of pyridine rings is 1. The predicted octanol–water partition coefficient (Wildman–Crippen LogP) is 1.30. The molecule has 2 N–H and O–H groups in total. The normalized spacial score (nSPS) is 10.6. The number of guanidine groups is 1. The number of amides is 1. The number of nitrogens with zero attached hydrogens (tertiary/aromatic N) is 4. The first-order chi connectivity index (χ1) is 10.9. The number of carbonyl (C=O) groups excluding carboxylic acids is 1. The number of nitrogens with one attached hydrogen (secondary N) is 2. The number of hydrogen-bond donors (Lipinski definition) is 2. The maximum atomic E-state index is 11.7. The van der Waals surface area contributed by atoms with E-state index in [4.69, 9.17) is 0 Å². The molecule has 136 valence electrons. The zero-order valence-corrected chi connectivity index (χ0v) is 17.5. The molecule has 0 radical (unpaired) electrons. The fraction of sp³-hybridized carbons (Fsp3) is 0.562. The highest BCUT2D eigenvalue weighted by Crippen LogP contribution is 2.08. The van der Waals surface area contributed by atoms with Gasteiger partial charge in [0.2, 0.25) is 5.91 Å². The molecule has 0 aliphatic heterocycles. The van der Waals surface area contributed by atoms with Crippen molar-refractivity contribution in [1.29, 1.82) is 0 Å². The highest BCUT2D eigenvalue weighted by Gasteiger charge is 2.06. The van der Waals surface area contributed by atoms with Crippen LogP contribution in [-0.2, 0) is 11.3 Å². The summed E-state index contributed by atoms with van der Waals surface area (Å²) in [6.45, 7) is 3.55. The third-order valence-electron chi connectivity index (χ3n) is 3.10. The molecule has 1 aromatic heterocycles. The Bertz CT molecular complexity index is 533. The molecule has 0 fully saturated rings. The summed E-state index contributed by atoms with van der Waals surface area (Å²) < 4.78 is 0. The van der Waals surface area contributed by atoms with Crippen molar-refractivity contribution in [2.24, 2.45) is 4.99 Å². The quantitative estimate of drug-likeness (QED) is 0.374. The summed E-state index contributed by atoms with van der Waals surface area (Å²) in [6.07, 6.45) is 0.983. The molecule has 24 heavy (non-hydrogen) atoms. The number of hydrogen-bond acceptors (Lipinski definition) is 4. The molecule has 0 bridgehead atoms. The predicted molar refractivity (Wildman–Crippen MR) is 110 cm³/mol. The van der Waals surface area contributed by atoms with Crippen LogP contribution in [0.2, 0.25) is 0 Å². The number of carbonyl (C=O) groups is 1. The van der Waals surface area contributed by atoms with Crippen molar-refractivity contribution < 1.29 is 4.79 Å². The van der Waals surface area contributed by atoms with Crippen molar-refractivity contribution >= 4 is 41.7 Å². The van der Waals surface area contributed by atoms with E-state index in [1.807, 2.05) is 37.2 Å². The average molecular weight is 448 g/mol. The SMILES string of the molecule is CCCNC(=NCc1cccc(N(C)C)n1)NCC(=O)N(C)C.I. The molecule has 0 unspecified atom stereocenters. The van der Waals surface area contributed by atoms with Crippen LogP contribution in [-0.4, -0.2) is 63.0 Å². The number of rotatable bonds is 7. The summed E-state index contributed by atoms with van der Waals surface area (Å²) >= 11 is 0. The Balaban J connectivity index is 0.00000529. The lowest BCUT2D eigenvalue weighted by molar-refractivity contribution is -0.127. The van der Waals surface area contributed by atoms with Gasteiger partial charge in [0.05, 0.1) is 18.8 Å². The summed E-state index contributed by atoms with van der Waals surface area (Å²) in [7, 11) is 7.38.